The van der Waals surface area contributed by atoms with Crippen molar-refractivity contribution in [1.82, 2.24) is 0 Å². The van der Waals surface area contributed by atoms with Gasteiger partial charge in [-0.15, -0.1) is 0 Å². The number of fused-ring (bicyclic) bond motifs is 2. The van der Waals surface area contributed by atoms with Gasteiger partial charge in [-0.05, 0) is 135 Å². The lowest BCUT2D eigenvalue weighted by atomic mass is 9.61. The number of allylic oxidation sites excluding steroid dienone is 8. The smallest absolute Gasteiger partial charge is 0.335 e. The number of ether oxygens (including phenoxy) is 2. The standard InChI is InChI=1S/C42H50O8/c1-27(2)11-7-13-29(5)15-9-17-31-25-42(50-39(31)47)35-24-33(44)19-21-38(35)49-40(48)41(42,22-10-16-30(6)14-8-12-28(3)4)26-37(46)34-23-32(43)18-20-36(34)45/h11-12,15-16,18-21,23-25,43-45H,7-10,13-14,17,22,26H2,1-6H3/b29-15+,30-16+/t41-,42-/m1/s1. The van der Waals surface area contributed by atoms with Gasteiger partial charge in [-0.1, -0.05) is 46.6 Å². The molecule has 2 aliphatic rings. The second-order valence-corrected chi connectivity index (χ2v) is 14.1. The van der Waals surface area contributed by atoms with E-state index in [0.717, 1.165) is 37.3 Å². The molecule has 2 aliphatic heterocycles. The van der Waals surface area contributed by atoms with E-state index in [1.807, 2.05) is 26.8 Å². The molecule has 266 valence electrons. The summed E-state index contributed by atoms with van der Waals surface area (Å²) < 4.78 is 12.2. The zero-order chi connectivity index (χ0) is 36.6. The van der Waals surface area contributed by atoms with Crippen molar-refractivity contribution < 1.29 is 39.2 Å². The van der Waals surface area contributed by atoms with E-state index in [9.17, 15) is 29.7 Å². The molecule has 0 saturated carbocycles. The summed E-state index contributed by atoms with van der Waals surface area (Å²) in [7, 11) is 0. The van der Waals surface area contributed by atoms with Crippen LogP contribution < -0.4 is 4.74 Å². The fourth-order valence-corrected chi connectivity index (χ4v) is 6.71. The van der Waals surface area contributed by atoms with Gasteiger partial charge in [0, 0.05) is 17.6 Å². The maximum atomic E-state index is 14.4. The molecular weight excluding hydrogens is 632 g/mol. The Morgan fingerprint density at radius 3 is 2.00 bits per heavy atom. The molecule has 8 nitrogen and oxygen atoms in total. The Hall–Kier alpha value is -4.85. The molecule has 1 spiro atoms. The zero-order valence-electron chi connectivity index (χ0n) is 30.1. The average molecular weight is 683 g/mol. The van der Waals surface area contributed by atoms with E-state index in [0.29, 0.717) is 24.8 Å². The van der Waals surface area contributed by atoms with Crippen LogP contribution in [0.2, 0.25) is 0 Å². The molecule has 0 unspecified atom stereocenters. The van der Waals surface area contributed by atoms with Crippen LogP contribution >= 0.6 is 0 Å². The summed E-state index contributed by atoms with van der Waals surface area (Å²) in [5.41, 5.74) is 1.62. The molecular formula is C42H50O8. The first-order chi connectivity index (χ1) is 23.7. The Bertz CT molecular complexity index is 1780. The van der Waals surface area contributed by atoms with Gasteiger partial charge in [0.25, 0.3) is 0 Å². The minimum Gasteiger partial charge on any atom is -0.508 e. The van der Waals surface area contributed by atoms with Crippen LogP contribution in [0, 0.1) is 5.41 Å². The highest BCUT2D eigenvalue weighted by molar-refractivity contribution is 6.03. The van der Waals surface area contributed by atoms with Crippen molar-refractivity contribution in [3.8, 4) is 23.0 Å². The maximum absolute atomic E-state index is 14.4. The first-order valence-electron chi connectivity index (χ1n) is 17.3. The van der Waals surface area contributed by atoms with Gasteiger partial charge in [-0.2, -0.15) is 0 Å². The van der Waals surface area contributed by atoms with Gasteiger partial charge in [0.15, 0.2) is 11.4 Å². The number of benzene rings is 2. The third kappa shape index (κ3) is 8.65. The molecule has 0 amide bonds. The lowest BCUT2D eigenvalue weighted by molar-refractivity contribution is -0.180. The molecule has 50 heavy (non-hydrogen) atoms. The Labute approximate surface area is 295 Å². The topological polar surface area (TPSA) is 130 Å². The Morgan fingerprint density at radius 1 is 0.760 bits per heavy atom. The molecule has 0 aromatic heterocycles. The van der Waals surface area contributed by atoms with Crippen LogP contribution in [-0.4, -0.2) is 33.0 Å². The number of carbonyl (C=O) groups is 3. The van der Waals surface area contributed by atoms with Gasteiger partial charge in [0.1, 0.15) is 28.4 Å². The van der Waals surface area contributed by atoms with Crippen molar-refractivity contribution in [2.24, 2.45) is 5.41 Å². The van der Waals surface area contributed by atoms with E-state index in [4.69, 9.17) is 9.47 Å². The van der Waals surface area contributed by atoms with Gasteiger partial charge in [0.05, 0.1) is 5.56 Å². The number of ketones is 1. The summed E-state index contributed by atoms with van der Waals surface area (Å²) in [4.78, 5) is 42.3. The normalized spacial score (nSPS) is 20.2. The van der Waals surface area contributed by atoms with Crippen LogP contribution in [0.5, 0.6) is 23.0 Å². The van der Waals surface area contributed by atoms with Crippen molar-refractivity contribution in [2.75, 3.05) is 0 Å². The minimum atomic E-state index is -1.79. The average Bonchev–Trinajstić information content (AvgIpc) is 3.37. The summed E-state index contributed by atoms with van der Waals surface area (Å²) >= 11 is 0. The molecule has 0 fully saturated rings. The van der Waals surface area contributed by atoms with Gasteiger partial charge in [0.2, 0.25) is 0 Å². The van der Waals surface area contributed by atoms with Crippen LogP contribution in [0.15, 0.2) is 94.6 Å². The van der Waals surface area contributed by atoms with Gasteiger partial charge in [-0.3, -0.25) is 9.59 Å². The quantitative estimate of drug-likeness (QED) is 0.0557. The first kappa shape index (κ1) is 38.0. The Morgan fingerprint density at radius 2 is 1.36 bits per heavy atom. The number of esters is 2. The highest BCUT2D eigenvalue weighted by atomic mass is 16.6. The molecule has 0 bridgehead atoms. The number of rotatable bonds is 15. The molecule has 8 heteroatoms. The number of hydrogen-bond donors (Lipinski definition) is 3. The third-order valence-corrected chi connectivity index (χ3v) is 9.46. The van der Waals surface area contributed by atoms with Crippen molar-refractivity contribution in [3.63, 3.8) is 0 Å². The SMILES string of the molecule is CC(C)=CCC/C(C)=C/CCC1=C[C@@]2(OC1=O)c1cc(O)ccc1OC(=O)[C@@]2(CC/C=C(\C)CCC=C(C)C)CC(=O)c1cc(O)ccc1O. The van der Waals surface area contributed by atoms with Gasteiger partial charge in [-0.25, -0.2) is 4.79 Å². The molecule has 3 N–H and O–H groups in total. The largest absolute Gasteiger partial charge is 0.508 e. The summed E-state index contributed by atoms with van der Waals surface area (Å²) in [6.45, 7) is 12.3. The molecule has 0 aliphatic carbocycles. The molecule has 2 atom stereocenters. The van der Waals surface area contributed by atoms with Gasteiger partial charge < -0.3 is 24.8 Å². The van der Waals surface area contributed by atoms with Crippen molar-refractivity contribution in [3.05, 3.63) is 106 Å². The van der Waals surface area contributed by atoms with E-state index in [1.54, 1.807) is 6.08 Å². The number of phenols is 3. The van der Waals surface area contributed by atoms with Crippen LogP contribution in [0.25, 0.3) is 0 Å². The van der Waals surface area contributed by atoms with E-state index in [2.05, 4.69) is 39.0 Å². The lowest BCUT2D eigenvalue weighted by Gasteiger charge is -2.47. The van der Waals surface area contributed by atoms with E-state index >= 15 is 0 Å². The Kier molecular flexibility index (Phi) is 12.3. The third-order valence-electron chi connectivity index (χ3n) is 9.46. The van der Waals surface area contributed by atoms with Crippen molar-refractivity contribution in [2.45, 2.75) is 105 Å². The van der Waals surface area contributed by atoms with Crippen LogP contribution in [0.4, 0.5) is 0 Å². The number of hydrogen-bond acceptors (Lipinski definition) is 8. The predicted octanol–water partition coefficient (Wildman–Crippen LogP) is 9.61. The summed E-state index contributed by atoms with van der Waals surface area (Å²) in [6, 6.07) is 7.85. The molecule has 2 aromatic carbocycles. The zero-order valence-corrected chi connectivity index (χ0v) is 30.1. The fraction of sp³-hybridized carbons (Fsp3) is 0.405. The predicted molar refractivity (Wildman–Crippen MR) is 194 cm³/mol. The first-order valence-corrected chi connectivity index (χ1v) is 17.3. The van der Waals surface area contributed by atoms with Crippen LogP contribution in [0.1, 0.15) is 115 Å². The second kappa shape index (κ2) is 16.2. The lowest BCUT2D eigenvalue weighted by Crippen LogP contribution is -2.56. The summed E-state index contributed by atoms with van der Waals surface area (Å²) in [5.74, 6) is -2.63. The number of aromatic hydroxyl groups is 3. The van der Waals surface area contributed by atoms with Crippen LogP contribution in [-0.2, 0) is 19.9 Å². The molecule has 0 saturated heterocycles. The molecule has 2 heterocycles. The monoisotopic (exact) mass is 682 g/mol. The second-order valence-electron chi connectivity index (χ2n) is 14.1. The maximum Gasteiger partial charge on any atom is 0.335 e. The van der Waals surface area contributed by atoms with Crippen molar-refractivity contribution >= 4 is 17.7 Å². The fourth-order valence-electron chi connectivity index (χ4n) is 6.71. The highest BCUT2D eigenvalue weighted by Gasteiger charge is 2.66. The highest BCUT2D eigenvalue weighted by Crippen LogP contribution is 2.60. The molecule has 4 rings (SSSR count). The summed E-state index contributed by atoms with van der Waals surface area (Å²) in [6.07, 6.45) is 14.4. The minimum absolute atomic E-state index is 0.0483. The molecule has 0 radical (unpaired) electrons. The number of carbonyl (C=O) groups excluding carboxylic acids is 3. The molecule has 2 aromatic rings. The number of Topliss-reactive ketones (excluding diaryl/α,β-unsaturated/α-hetero) is 1. The van der Waals surface area contributed by atoms with E-state index < -0.39 is 35.2 Å². The summed E-state index contributed by atoms with van der Waals surface area (Å²) in [5, 5.41) is 31.4. The van der Waals surface area contributed by atoms with E-state index in [1.165, 1.54) is 47.1 Å². The van der Waals surface area contributed by atoms with Gasteiger partial charge >= 0.3 is 11.9 Å². The van der Waals surface area contributed by atoms with E-state index in [-0.39, 0.29) is 40.5 Å². The Balaban J connectivity index is 1.81. The number of phenolic OH excluding ortho intramolecular Hbond substituents is 3. The van der Waals surface area contributed by atoms with Crippen molar-refractivity contribution in [1.29, 1.82) is 0 Å². The van der Waals surface area contributed by atoms with Crippen LogP contribution in [0.3, 0.4) is 0 Å².